The SMILES string of the molecule is CC(OC(=O)C(C)C)OC(=O)C1CCc2cncc(-c3ccc(C4CC4)c4ccccc34)c2S1. The Bertz CT molecular complexity index is 1250. The molecule has 2 atom stereocenters. The van der Waals surface area contributed by atoms with Gasteiger partial charge in [0, 0.05) is 29.8 Å². The van der Waals surface area contributed by atoms with Crippen LogP contribution in [0.1, 0.15) is 57.1 Å². The number of thioether (sulfide) groups is 1. The van der Waals surface area contributed by atoms with Crippen molar-refractivity contribution in [3.8, 4) is 11.1 Å². The molecule has 1 fully saturated rings. The van der Waals surface area contributed by atoms with E-state index in [1.165, 1.54) is 40.9 Å². The predicted molar refractivity (Wildman–Crippen MR) is 134 cm³/mol. The van der Waals surface area contributed by atoms with Crippen molar-refractivity contribution in [3.63, 3.8) is 0 Å². The van der Waals surface area contributed by atoms with Crippen LogP contribution in [0.4, 0.5) is 0 Å². The normalized spacial score (nSPS) is 18.4. The smallest absolute Gasteiger partial charge is 0.322 e. The maximum atomic E-state index is 12.9. The highest BCUT2D eigenvalue weighted by Gasteiger charge is 2.31. The number of pyridine rings is 1. The zero-order valence-electron chi connectivity index (χ0n) is 19.7. The Balaban J connectivity index is 1.42. The Hall–Kier alpha value is -2.86. The summed E-state index contributed by atoms with van der Waals surface area (Å²) in [6.07, 6.45) is 6.84. The lowest BCUT2D eigenvalue weighted by molar-refractivity contribution is -0.186. The van der Waals surface area contributed by atoms with Crippen LogP contribution in [0, 0.1) is 5.92 Å². The standard InChI is InChI=1S/C28H29NO4S/c1-16(2)27(30)32-17(3)33-28(31)25-13-10-19-14-29-15-24(26(19)34-25)23-12-11-20(18-8-9-18)21-6-4-5-7-22(21)23/h4-7,11-12,14-18,25H,8-10,13H2,1-3H3. The van der Waals surface area contributed by atoms with Gasteiger partial charge in [0.15, 0.2) is 0 Å². The third-order valence-electron chi connectivity index (χ3n) is 6.47. The minimum atomic E-state index is -0.903. The number of carbonyl (C=O) groups excluding carboxylic acids is 2. The van der Waals surface area contributed by atoms with Crippen LogP contribution < -0.4 is 0 Å². The van der Waals surface area contributed by atoms with Gasteiger partial charge < -0.3 is 9.47 Å². The summed E-state index contributed by atoms with van der Waals surface area (Å²) in [5.41, 5.74) is 4.78. The van der Waals surface area contributed by atoms with Crippen LogP contribution in [0.25, 0.3) is 21.9 Å². The minimum absolute atomic E-state index is 0.270. The maximum Gasteiger partial charge on any atom is 0.322 e. The third kappa shape index (κ3) is 4.56. The first-order valence-electron chi connectivity index (χ1n) is 12.0. The molecule has 1 aliphatic carbocycles. The molecule has 0 amide bonds. The number of esters is 2. The lowest BCUT2D eigenvalue weighted by Gasteiger charge is -2.26. The average Bonchev–Trinajstić information content (AvgIpc) is 3.68. The predicted octanol–water partition coefficient (Wildman–Crippen LogP) is 6.27. The van der Waals surface area contributed by atoms with Crippen LogP contribution in [-0.4, -0.2) is 28.5 Å². The minimum Gasteiger partial charge on any atom is -0.425 e. The second-order valence-electron chi connectivity index (χ2n) is 9.44. The molecule has 2 heterocycles. The maximum absolute atomic E-state index is 12.9. The number of nitrogens with zero attached hydrogens (tertiary/aromatic N) is 1. The van der Waals surface area contributed by atoms with Crippen molar-refractivity contribution in [1.82, 2.24) is 4.98 Å². The lowest BCUT2D eigenvalue weighted by Crippen LogP contribution is -2.30. The van der Waals surface area contributed by atoms with E-state index in [-0.39, 0.29) is 23.1 Å². The van der Waals surface area contributed by atoms with Gasteiger partial charge in [-0.1, -0.05) is 50.2 Å². The fourth-order valence-electron chi connectivity index (χ4n) is 4.53. The molecule has 5 rings (SSSR count). The quantitative estimate of drug-likeness (QED) is 0.309. The molecule has 1 aliphatic heterocycles. The van der Waals surface area contributed by atoms with Crippen molar-refractivity contribution in [2.45, 2.75) is 68.8 Å². The van der Waals surface area contributed by atoms with Crippen molar-refractivity contribution in [3.05, 3.63) is 59.9 Å². The summed E-state index contributed by atoms with van der Waals surface area (Å²) in [6, 6.07) is 13.0. The molecule has 0 bridgehead atoms. The molecule has 0 N–H and O–H groups in total. The van der Waals surface area contributed by atoms with Crippen LogP contribution in [0.5, 0.6) is 0 Å². The van der Waals surface area contributed by atoms with Gasteiger partial charge >= 0.3 is 11.9 Å². The third-order valence-corrected chi connectivity index (χ3v) is 7.90. The number of carbonyl (C=O) groups is 2. The van der Waals surface area contributed by atoms with Crippen molar-refractivity contribution in [2.75, 3.05) is 0 Å². The molecule has 176 valence electrons. The zero-order chi connectivity index (χ0) is 23.8. The van der Waals surface area contributed by atoms with E-state index in [9.17, 15) is 9.59 Å². The summed E-state index contributed by atoms with van der Waals surface area (Å²) in [5, 5.41) is 2.17. The van der Waals surface area contributed by atoms with E-state index >= 15 is 0 Å². The van der Waals surface area contributed by atoms with E-state index in [1.807, 2.05) is 12.4 Å². The molecule has 1 aromatic heterocycles. The second kappa shape index (κ2) is 9.41. The van der Waals surface area contributed by atoms with Gasteiger partial charge in [0.05, 0.1) is 5.92 Å². The number of hydrogen-bond acceptors (Lipinski definition) is 6. The number of ether oxygens (including phenoxy) is 2. The Morgan fingerprint density at radius 2 is 1.71 bits per heavy atom. The number of hydrogen-bond donors (Lipinski definition) is 0. The van der Waals surface area contributed by atoms with Crippen molar-refractivity contribution in [2.24, 2.45) is 5.92 Å². The van der Waals surface area contributed by atoms with Crippen LogP contribution in [0.2, 0.25) is 0 Å². The number of rotatable bonds is 6. The zero-order valence-corrected chi connectivity index (χ0v) is 20.6. The number of aryl methyl sites for hydroxylation is 1. The van der Waals surface area contributed by atoms with Crippen LogP contribution in [-0.2, 0) is 25.5 Å². The molecular formula is C28H29NO4S. The van der Waals surface area contributed by atoms with E-state index < -0.39 is 6.29 Å². The summed E-state index contributed by atoms with van der Waals surface area (Å²) in [4.78, 5) is 30.3. The van der Waals surface area contributed by atoms with Crippen LogP contribution in [0.15, 0.2) is 53.7 Å². The Morgan fingerprint density at radius 1 is 0.941 bits per heavy atom. The second-order valence-corrected chi connectivity index (χ2v) is 10.7. The number of aromatic nitrogens is 1. The van der Waals surface area contributed by atoms with Crippen molar-refractivity contribution >= 4 is 34.5 Å². The lowest BCUT2D eigenvalue weighted by atomic mass is 9.93. The van der Waals surface area contributed by atoms with Crippen molar-refractivity contribution < 1.29 is 19.1 Å². The Labute approximate surface area is 204 Å². The molecule has 5 nitrogen and oxygen atoms in total. The fraction of sp³-hybridized carbons (Fsp3) is 0.393. The van der Waals surface area contributed by atoms with E-state index in [0.717, 1.165) is 28.0 Å². The van der Waals surface area contributed by atoms with Gasteiger partial charge in [0.25, 0.3) is 0 Å². The Morgan fingerprint density at radius 3 is 2.44 bits per heavy atom. The monoisotopic (exact) mass is 475 g/mol. The molecule has 2 unspecified atom stereocenters. The van der Waals surface area contributed by atoms with Gasteiger partial charge in [-0.2, -0.15) is 0 Å². The van der Waals surface area contributed by atoms with Gasteiger partial charge in [-0.25, -0.2) is 0 Å². The summed E-state index contributed by atoms with van der Waals surface area (Å²) in [7, 11) is 0. The first-order valence-corrected chi connectivity index (χ1v) is 12.9. The molecule has 1 saturated carbocycles. The molecule has 0 spiro atoms. The van der Waals surface area contributed by atoms with E-state index in [2.05, 4.69) is 41.4 Å². The topological polar surface area (TPSA) is 65.5 Å². The van der Waals surface area contributed by atoms with Gasteiger partial charge in [-0.3, -0.25) is 14.6 Å². The molecule has 2 aromatic carbocycles. The van der Waals surface area contributed by atoms with Gasteiger partial charge in [-0.15, -0.1) is 11.8 Å². The van der Waals surface area contributed by atoms with E-state index in [4.69, 9.17) is 9.47 Å². The highest BCUT2D eigenvalue weighted by molar-refractivity contribution is 8.00. The van der Waals surface area contributed by atoms with E-state index in [0.29, 0.717) is 12.3 Å². The summed E-state index contributed by atoms with van der Waals surface area (Å²) >= 11 is 1.53. The van der Waals surface area contributed by atoms with Gasteiger partial charge in [0.2, 0.25) is 6.29 Å². The molecule has 34 heavy (non-hydrogen) atoms. The molecule has 2 aliphatic rings. The highest BCUT2D eigenvalue weighted by atomic mass is 32.2. The number of benzene rings is 2. The largest absolute Gasteiger partial charge is 0.425 e. The van der Waals surface area contributed by atoms with Gasteiger partial charge in [0.1, 0.15) is 5.25 Å². The summed E-state index contributed by atoms with van der Waals surface area (Å²) in [6.45, 7) is 5.09. The van der Waals surface area contributed by atoms with Crippen LogP contribution >= 0.6 is 11.8 Å². The Kier molecular flexibility index (Phi) is 6.34. The highest BCUT2D eigenvalue weighted by Crippen LogP contribution is 2.47. The molecule has 3 aromatic rings. The first-order chi connectivity index (χ1) is 16.4. The fourth-order valence-corrected chi connectivity index (χ4v) is 5.79. The van der Waals surface area contributed by atoms with Gasteiger partial charge in [-0.05, 0) is 59.1 Å². The molecular weight excluding hydrogens is 446 g/mol. The molecule has 0 radical (unpaired) electrons. The molecule has 0 saturated heterocycles. The first kappa shape index (κ1) is 22.9. The average molecular weight is 476 g/mol. The van der Waals surface area contributed by atoms with E-state index in [1.54, 1.807) is 20.8 Å². The summed E-state index contributed by atoms with van der Waals surface area (Å²) in [5.74, 6) is -0.330. The van der Waals surface area contributed by atoms with Crippen LogP contribution in [0.3, 0.4) is 0 Å². The molecule has 6 heteroatoms. The number of fused-ring (bicyclic) bond motifs is 2. The summed E-state index contributed by atoms with van der Waals surface area (Å²) < 4.78 is 10.7. The van der Waals surface area contributed by atoms with Crippen molar-refractivity contribution in [1.29, 1.82) is 0 Å².